The highest BCUT2D eigenvalue weighted by molar-refractivity contribution is 7.92. The van der Waals surface area contributed by atoms with Crippen LogP contribution in [0.3, 0.4) is 0 Å². The number of carbonyl (C=O) groups is 1. The first-order chi connectivity index (χ1) is 8.13. The minimum absolute atomic E-state index is 0.197. The van der Waals surface area contributed by atoms with Crippen LogP contribution in [0.15, 0.2) is 24.3 Å². The molecular formula is C12H17NO4S. The quantitative estimate of drug-likeness (QED) is 0.850. The lowest BCUT2D eigenvalue weighted by molar-refractivity contribution is 0.0697. The molecule has 1 aromatic rings. The lowest BCUT2D eigenvalue weighted by Gasteiger charge is -2.23. The molecule has 0 bridgehead atoms. The first kappa shape index (κ1) is 14.5. The number of benzene rings is 1. The van der Waals surface area contributed by atoms with E-state index in [2.05, 4.69) is 5.32 Å². The third kappa shape index (κ3) is 3.46. The second-order valence-corrected chi connectivity index (χ2v) is 7.42. The summed E-state index contributed by atoms with van der Waals surface area (Å²) in [6.07, 6.45) is 1.20. The smallest absolute Gasteiger partial charge is 0.335 e. The highest BCUT2D eigenvalue weighted by Gasteiger charge is 2.29. The minimum Gasteiger partial charge on any atom is -0.478 e. The van der Waals surface area contributed by atoms with Crippen molar-refractivity contribution in [2.75, 3.05) is 18.1 Å². The molecule has 0 amide bonds. The summed E-state index contributed by atoms with van der Waals surface area (Å²) in [7, 11) is -3.15. The van der Waals surface area contributed by atoms with Crippen molar-refractivity contribution < 1.29 is 18.3 Å². The van der Waals surface area contributed by atoms with Gasteiger partial charge in [-0.15, -0.1) is 0 Å². The van der Waals surface area contributed by atoms with Crippen molar-refractivity contribution in [2.45, 2.75) is 18.6 Å². The van der Waals surface area contributed by atoms with E-state index in [0.717, 1.165) is 0 Å². The summed E-state index contributed by atoms with van der Waals surface area (Å²) in [4.78, 5) is 10.7. The molecule has 5 nitrogen and oxygen atoms in total. The first-order valence-electron chi connectivity index (χ1n) is 5.40. The fourth-order valence-electron chi connectivity index (χ4n) is 1.18. The zero-order valence-corrected chi connectivity index (χ0v) is 11.4. The number of anilines is 1. The molecule has 100 valence electrons. The Morgan fingerprint density at radius 2 is 1.78 bits per heavy atom. The van der Waals surface area contributed by atoms with Gasteiger partial charge in [0.05, 0.1) is 10.3 Å². The third-order valence-corrected chi connectivity index (χ3v) is 5.01. The number of aromatic carboxylic acids is 1. The van der Waals surface area contributed by atoms with E-state index >= 15 is 0 Å². The summed E-state index contributed by atoms with van der Waals surface area (Å²) in [5, 5.41) is 11.7. The van der Waals surface area contributed by atoms with E-state index in [0.29, 0.717) is 5.69 Å². The Kier molecular flexibility index (Phi) is 4.01. The molecule has 0 radical (unpaired) electrons. The molecule has 0 aliphatic rings. The summed E-state index contributed by atoms with van der Waals surface area (Å²) in [5.41, 5.74) is 0.889. The second kappa shape index (κ2) is 4.97. The van der Waals surface area contributed by atoms with Crippen LogP contribution >= 0.6 is 0 Å². The van der Waals surface area contributed by atoms with Crippen molar-refractivity contribution in [2.24, 2.45) is 0 Å². The molecule has 6 heteroatoms. The van der Waals surface area contributed by atoms with Crippen molar-refractivity contribution >= 4 is 21.5 Å². The molecule has 0 unspecified atom stereocenters. The molecule has 2 N–H and O–H groups in total. The Bertz CT molecular complexity index is 532. The van der Waals surface area contributed by atoms with Gasteiger partial charge in [0.2, 0.25) is 0 Å². The highest BCUT2D eigenvalue weighted by atomic mass is 32.2. The van der Waals surface area contributed by atoms with E-state index in [-0.39, 0.29) is 12.1 Å². The largest absolute Gasteiger partial charge is 0.478 e. The van der Waals surface area contributed by atoms with Gasteiger partial charge in [-0.1, -0.05) is 0 Å². The Balaban J connectivity index is 2.73. The zero-order valence-electron chi connectivity index (χ0n) is 10.6. The topological polar surface area (TPSA) is 83.5 Å². The Morgan fingerprint density at radius 3 is 2.17 bits per heavy atom. The van der Waals surface area contributed by atoms with E-state index in [1.807, 2.05) is 0 Å². The second-order valence-electron chi connectivity index (χ2n) is 4.77. The van der Waals surface area contributed by atoms with E-state index in [1.165, 1.54) is 18.4 Å². The normalized spacial score (nSPS) is 12.2. The summed E-state index contributed by atoms with van der Waals surface area (Å²) in [5.74, 6) is -0.988. The lowest BCUT2D eigenvalue weighted by atomic mass is 10.2. The van der Waals surface area contributed by atoms with Crippen LogP contribution in [0.1, 0.15) is 24.2 Å². The van der Waals surface area contributed by atoms with Gasteiger partial charge in [-0.25, -0.2) is 13.2 Å². The number of sulfone groups is 1. The monoisotopic (exact) mass is 271 g/mol. The maximum absolute atomic E-state index is 11.5. The van der Waals surface area contributed by atoms with Gasteiger partial charge < -0.3 is 10.4 Å². The van der Waals surface area contributed by atoms with Crippen LogP contribution in [0.5, 0.6) is 0 Å². The van der Waals surface area contributed by atoms with Crippen molar-refractivity contribution in [3.8, 4) is 0 Å². The zero-order chi connectivity index (χ0) is 14.0. The minimum atomic E-state index is -3.15. The molecule has 0 aromatic heterocycles. The first-order valence-corrected chi connectivity index (χ1v) is 7.29. The molecule has 0 spiro atoms. The third-order valence-electron chi connectivity index (χ3n) is 2.85. The number of rotatable bonds is 5. The standard InChI is InChI=1S/C12H17NO4S/c1-12(2,18(3,16)17)8-13-10-6-4-9(5-7-10)11(14)15/h4-7,13H,8H2,1-3H3,(H,14,15). The summed E-state index contributed by atoms with van der Waals surface area (Å²) in [6.45, 7) is 3.54. The number of carboxylic acid groups (broad SMARTS) is 1. The molecule has 1 aromatic carbocycles. The SMILES string of the molecule is CC(C)(CNc1ccc(C(=O)O)cc1)S(C)(=O)=O. The molecule has 0 saturated carbocycles. The molecule has 18 heavy (non-hydrogen) atoms. The number of nitrogens with one attached hydrogen (secondary N) is 1. The van der Waals surface area contributed by atoms with E-state index < -0.39 is 20.6 Å². The molecule has 0 atom stereocenters. The van der Waals surface area contributed by atoms with Gasteiger partial charge >= 0.3 is 5.97 Å². The molecule has 0 aliphatic heterocycles. The predicted octanol–water partition coefficient (Wildman–Crippen LogP) is 1.62. The van der Waals surface area contributed by atoms with Crippen molar-refractivity contribution in [3.63, 3.8) is 0 Å². The van der Waals surface area contributed by atoms with Gasteiger partial charge in [-0.2, -0.15) is 0 Å². The van der Waals surface area contributed by atoms with Crippen molar-refractivity contribution in [3.05, 3.63) is 29.8 Å². The predicted molar refractivity (Wildman–Crippen MR) is 70.8 cm³/mol. The van der Waals surface area contributed by atoms with Crippen molar-refractivity contribution in [1.29, 1.82) is 0 Å². The Labute approximate surface area is 107 Å². The number of hydrogen-bond acceptors (Lipinski definition) is 4. The van der Waals surface area contributed by atoms with Crippen molar-refractivity contribution in [1.82, 2.24) is 0 Å². The van der Waals surface area contributed by atoms with Crippen LogP contribution < -0.4 is 5.32 Å². The highest BCUT2D eigenvalue weighted by Crippen LogP contribution is 2.17. The fraction of sp³-hybridized carbons (Fsp3) is 0.417. The molecular weight excluding hydrogens is 254 g/mol. The summed E-state index contributed by atoms with van der Waals surface area (Å²) >= 11 is 0. The number of carboxylic acids is 1. The van der Waals surface area contributed by atoms with Gasteiger partial charge in [0.25, 0.3) is 0 Å². The molecule has 0 fully saturated rings. The van der Waals surface area contributed by atoms with E-state index in [4.69, 9.17) is 5.11 Å². The average molecular weight is 271 g/mol. The number of hydrogen-bond donors (Lipinski definition) is 2. The van der Waals surface area contributed by atoms with E-state index in [9.17, 15) is 13.2 Å². The molecule has 1 rings (SSSR count). The fourth-order valence-corrected chi connectivity index (χ4v) is 1.51. The maximum atomic E-state index is 11.5. The van der Waals surface area contributed by atoms with Gasteiger partial charge in [0, 0.05) is 18.5 Å². The van der Waals surface area contributed by atoms with Gasteiger partial charge in [0.1, 0.15) is 0 Å². The molecule has 0 saturated heterocycles. The van der Waals surface area contributed by atoms with E-state index in [1.54, 1.807) is 26.0 Å². The lowest BCUT2D eigenvalue weighted by Crippen LogP contribution is -2.38. The van der Waals surface area contributed by atoms with Crippen LogP contribution in [0.4, 0.5) is 5.69 Å². The van der Waals surface area contributed by atoms with Gasteiger partial charge in [0.15, 0.2) is 9.84 Å². The van der Waals surface area contributed by atoms with Crippen LogP contribution in [0, 0.1) is 0 Å². The van der Waals surface area contributed by atoms with Crippen LogP contribution in [0.2, 0.25) is 0 Å². The molecule has 0 aliphatic carbocycles. The summed E-state index contributed by atoms with van der Waals surface area (Å²) < 4.78 is 22.1. The average Bonchev–Trinajstić information content (AvgIpc) is 2.25. The van der Waals surface area contributed by atoms with Crippen LogP contribution in [-0.2, 0) is 9.84 Å². The maximum Gasteiger partial charge on any atom is 0.335 e. The van der Waals surface area contributed by atoms with Crippen LogP contribution in [0.25, 0.3) is 0 Å². The Hall–Kier alpha value is -1.56. The van der Waals surface area contributed by atoms with Crippen LogP contribution in [-0.4, -0.2) is 37.0 Å². The summed E-state index contributed by atoms with van der Waals surface area (Å²) in [6, 6.07) is 6.17. The van der Waals surface area contributed by atoms with Gasteiger partial charge in [-0.3, -0.25) is 0 Å². The molecule has 0 heterocycles. The Morgan fingerprint density at radius 1 is 1.28 bits per heavy atom. The van der Waals surface area contributed by atoms with Gasteiger partial charge in [-0.05, 0) is 38.1 Å².